The second-order valence-corrected chi connectivity index (χ2v) is 17.3. The van der Waals surface area contributed by atoms with Crippen LogP contribution in [0.15, 0.2) is 210 Å². The Morgan fingerprint density at radius 1 is 0.613 bits per heavy atom. The van der Waals surface area contributed by atoms with Crippen molar-refractivity contribution < 1.29 is 0 Å². The van der Waals surface area contributed by atoms with E-state index in [1.165, 1.54) is 72.1 Å². The number of fused-ring (bicyclic) bond motifs is 1. The van der Waals surface area contributed by atoms with Crippen molar-refractivity contribution in [2.75, 3.05) is 0 Å². The predicted octanol–water partition coefficient (Wildman–Crippen LogP) is 15.1. The van der Waals surface area contributed by atoms with E-state index in [-0.39, 0.29) is 12.7 Å². The minimum Gasteiger partial charge on any atom is -0.379 e. The third-order valence-electron chi connectivity index (χ3n) is 12.8. The number of nitrogens with zero attached hydrogens (tertiary/aromatic N) is 2. The first-order valence-corrected chi connectivity index (χ1v) is 22.2. The van der Waals surface area contributed by atoms with E-state index in [1.54, 1.807) is 0 Å². The van der Waals surface area contributed by atoms with Gasteiger partial charge in [-0.1, -0.05) is 210 Å². The van der Waals surface area contributed by atoms with Crippen molar-refractivity contribution >= 4 is 34.5 Å². The topological polar surface area (TPSA) is 17.3 Å². The normalized spacial score (nSPS) is 16.6. The van der Waals surface area contributed by atoms with E-state index in [0.717, 1.165) is 52.9 Å². The Morgan fingerprint density at radius 3 is 1.89 bits per heavy atom. The third-order valence-corrected chi connectivity index (χ3v) is 12.8. The van der Waals surface area contributed by atoms with Gasteiger partial charge >= 0.3 is 6.85 Å². The molecule has 0 N–H and O–H groups in total. The van der Waals surface area contributed by atoms with Crippen LogP contribution in [-0.2, 0) is 0 Å². The van der Waals surface area contributed by atoms with Gasteiger partial charge in [-0.3, -0.25) is 0 Å². The average Bonchev–Trinajstić information content (AvgIpc) is 3.92. The summed E-state index contributed by atoms with van der Waals surface area (Å²) in [5.74, 6) is 0.219. The summed E-state index contributed by atoms with van der Waals surface area (Å²) >= 11 is 0. The molecule has 6 aromatic carbocycles. The van der Waals surface area contributed by atoms with Crippen molar-refractivity contribution in [2.45, 2.75) is 52.8 Å². The number of aromatic nitrogens is 1. The van der Waals surface area contributed by atoms with Crippen molar-refractivity contribution in [2.24, 2.45) is 4.99 Å². The van der Waals surface area contributed by atoms with Crippen molar-refractivity contribution in [3.8, 4) is 22.4 Å². The van der Waals surface area contributed by atoms with Crippen LogP contribution in [0.1, 0.15) is 63.9 Å². The molecule has 3 aliphatic rings. The Kier molecular flexibility index (Phi) is 10.6. The van der Waals surface area contributed by atoms with Gasteiger partial charge in [-0.15, -0.1) is 0 Å². The minimum atomic E-state index is -0.00224. The lowest BCUT2D eigenvalue weighted by molar-refractivity contribution is 0.949. The van der Waals surface area contributed by atoms with Gasteiger partial charge in [-0.2, -0.15) is 0 Å². The summed E-state index contributed by atoms with van der Waals surface area (Å²) in [6.07, 6.45) is 21.9. The van der Waals surface area contributed by atoms with Gasteiger partial charge in [-0.05, 0) is 97.9 Å². The number of hydrogen-bond donors (Lipinski definition) is 0. The number of hydrogen-bond acceptors (Lipinski definition) is 1. The lowest BCUT2D eigenvalue weighted by atomic mass is 9.43. The first-order chi connectivity index (χ1) is 30.4. The Labute approximate surface area is 367 Å². The molecule has 1 aliphatic heterocycles. The highest BCUT2D eigenvalue weighted by molar-refractivity contribution is 6.69. The van der Waals surface area contributed by atoms with Gasteiger partial charge in [-0.25, -0.2) is 4.99 Å². The number of allylic oxidation sites excluding steroid dienone is 10. The van der Waals surface area contributed by atoms with E-state index in [0.29, 0.717) is 0 Å². The molecular formula is C59H51BN2. The zero-order valence-electron chi connectivity index (χ0n) is 36.1. The van der Waals surface area contributed by atoms with Crippen LogP contribution in [0.5, 0.6) is 0 Å². The summed E-state index contributed by atoms with van der Waals surface area (Å²) in [6, 6.07) is 54.2. The van der Waals surface area contributed by atoms with Crippen molar-refractivity contribution in [1.29, 1.82) is 0 Å². The van der Waals surface area contributed by atoms with Gasteiger partial charge in [0.15, 0.2) is 0 Å². The molecule has 0 radical (unpaired) electrons. The smallest absolute Gasteiger partial charge is 0.301 e. The summed E-state index contributed by atoms with van der Waals surface area (Å²) in [4.78, 5) is 5.83. The molecule has 2 heterocycles. The van der Waals surface area contributed by atoms with E-state index in [2.05, 4.69) is 226 Å². The van der Waals surface area contributed by atoms with E-state index in [4.69, 9.17) is 4.99 Å². The quantitative estimate of drug-likeness (QED) is 0.129. The first kappa shape index (κ1) is 39.2. The van der Waals surface area contributed by atoms with Gasteiger partial charge in [0.1, 0.15) is 0 Å². The maximum atomic E-state index is 5.83. The molecule has 1 aromatic heterocycles. The van der Waals surface area contributed by atoms with Crippen LogP contribution in [0.25, 0.3) is 44.3 Å². The SMILES string of the molecule is Cc1ccc(C2=CC(c3ccc(C)cc3)=N/C2=C(/c2cccc3ccccc23)c2c(-c3ccc(C)cc3)cc(-c3ccc(C)cc3)n2B(C2=CCCC=C2)C2C=CC=CC2)cc1. The van der Waals surface area contributed by atoms with Gasteiger partial charge in [0, 0.05) is 33.7 Å². The molecule has 0 saturated heterocycles. The largest absolute Gasteiger partial charge is 0.379 e. The standard InChI is InChI=1S/C59H51BN2/c1-40-22-30-45(31-23-40)53-38-55(47-34-26-42(3)27-35-47)61-58(53)57(52-21-13-15-44-14-11-12-20-51(44)52)59-54(46-32-24-41(2)25-33-46)39-56(48-36-28-43(4)29-37-48)62(59)60(49-16-7-5-8-17-49)50-18-9-6-10-19-50/h5,7-9,11-16,18-39,49H,6,10,17H2,1-4H3/b58-57-. The predicted molar refractivity (Wildman–Crippen MR) is 266 cm³/mol. The van der Waals surface area contributed by atoms with Crippen LogP contribution >= 0.6 is 0 Å². The highest BCUT2D eigenvalue weighted by Gasteiger charge is 2.37. The lowest BCUT2D eigenvalue weighted by Gasteiger charge is -2.31. The fourth-order valence-corrected chi connectivity index (χ4v) is 9.49. The number of benzene rings is 6. The summed E-state index contributed by atoms with van der Waals surface area (Å²) in [5, 5.41) is 2.40. The Morgan fingerprint density at radius 2 is 1.24 bits per heavy atom. The second kappa shape index (κ2) is 16.8. The molecule has 300 valence electrons. The number of rotatable bonds is 9. The minimum absolute atomic E-state index is 0.00224. The fourth-order valence-electron chi connectivity index (χ4n) is 9.49. The monoisotopic (exact) mass is 798 g/mol. The van der Waals surface area contributed by atoms with Gasteiger partial charge in [0.2, 0.25) is 0 Å². The molecule has 2 nitrogen and oxygen atoms in total. The fraction of sp³-hybridized carbons (Fsp3) is 0.136. The molecule has 0 bridgehead atoms. The zero-order chi connectivity index (χ0) is 42.2. The van der Waals surface area contributed by atoms with Gasteiger partial charge in [0.25, 0.3) is 0 Å². The highest BCUT2D eigenvalue weighted by atomic mass is 15.0. The van der Waals surface area contributed by atoms with Gasteiger partial charge < -0.3 is 4.48 Å². The van der Waals surface area contributed by atoms with Gasteiger partial charge in [0.05, 0.1) is 11.4 Å². The Bertz CT molecular complexity index is 3030. The molecule has 1 unspecified atom stereocenters. The van der Waals surface area contributed by atoms with Crippen LogP contribution in [0.3, 0.4) is 0 Å². The summed E-state index contributed by atoms with van der Waals surface area (Å²) in [7, 11) is 0. The molecular weight excluding hydrogens is 747 g/mol. The van der Waals surface area contributed by atoms with Crippen molar-refractivity contribution in [1.82, 2.24) is 4.48 Å². The highest BCUT2D eigenvalue weighted by Crippen LogP contribution is 2.48. The van der Waals surface area contributed by atoms with E-state index >= 15 is 0 Å². The molecule has 7 aromatic rings. The number of aliphatic imine (C=N–C) groups is 1. The zero-order valence-corrected chi connectivity index (χ0v) is 36.1. The first-order valence-electron chi connectivity index (χ1n) is 22.2. The summed E-state index contributed by atoms with van der Waals surface area (Å²) < 4.78 is 2.73. The summed E-state index contributed by atoms with van der Waals surface area (Å²) in [5.41, 5.74) is 19.9. The molecule has 0 fully saturated rings. The molecule has 3 heteroatoms. The van der Waals surface area contributed by atoms with E-state index in [1.807, 2.05) is 0 Å². The molecule has 62 heavy (non-hydrogen) atoms. The van der Waals surface area contributed by atoms with Crippen molar-refractivity contribution in [3.05, 3.63) is 250 Å². The summed E-state index contributed by atoms with van der Waals surface area (Å²) in [6.45, 7) is 8.66. The molecule has 0 amide bonds. The molecule has 2 aliphatic carbocycles. The van der Waals surface area contributed by atoms with Crippen LogP contribution in [0.4, 0.5) is 0 Å². The molecule has 10 rings (SSSR count). The second-order valence-electron chi connectivity index (χ2n) is 17.3. The van der Waals surface area contributed by atoms with Crippen LogP contribution in [0.2, 0.25) is 5.82 Å². The Hall–Kier alpha value is -6.97. The molecule has 0 saturated carbocycles. The van der Waals surface area contributed by atoms with E-state index in [9.17, 15) is 0 Å². The van der Waals surface area contributed by atoms with E-state index < -0.39 is 0 Å². The Balaban J connectivity index is 1.41. The van der Waals surface area contributed by atoms with Crippen LogP contribution < -0.4 is 0 Å². The maximum Gasteiger partial charge on any atom is 0.301 e. The average molecular weight is 799 g/mol. The molecule has 0 spiro atoms. The third kappa shape index (κ3) is 7.54. The van der Waals surface area contributed by atoms with Crippen LogP contribution in [0, 0.1) is 27.7 Å². The van der Waals surface area contributed by atoms with Crippen LogP contribution in [-0.4, -0.2) is 17.0 Å². The molecule has 1 atom stereocenters. The lowest BCUT2D eigenvalue weighted by Crippen LogP contribution is -2.34. The van der Waals surface area contributed by atoms with Crippen molar-refractivity contribution in [3.63, 3.8) is 0 Å². The maximum absolute atomic E-state index is 5.83. The number of aryl methyl sites for hydroxylation is 4.